The van der Waals surface area contributed by atoms with E-state index < -0.39 is 5.82 Å². The lowest BCUT2D eigenvalue weighted by molar-refractivity contribution is 0.0525. The van der Waals surface area contributed by atoms with Gasteiger partial charge in [-0.3, -0.25) is 4.79 Å². The minimum absolute atomic E-state index is 0.189. The van der Waals surface area contributed by atoms with Crippen LogP contribution in [-0.4, -0.2) is 23.9 Å². The second-order valence-electron chi connectivity index (χ2n) is 3.94. The topological polar surface area (TPSA) is 20.3 Å². The molecule has 0 N–H and O–H groups in total. The molecule has 0 bridgehead atoms. The number of carbonyl (C=O) groups is 1. The van der Waals surface area contributed by atoms with Crippen LogP contribution in [0, 0.1) is 15.3 Å². The lowest BCUT2D eigenvalue weighted by Gasteiger charge is -2.37. The Hall–Kier alpha value is -0.650. The van der Waals surface area contributed by atoms with E-state index in [-0.39, 0.29) is 11.5 Å². The van der Waals surface area contributed by atoms with Crippen molar-refractivity contribution < 1.29 is 9.18 Å². The number of nitrogens with zero attached hydrogens (tertiary/aromatic N) is 1. The number of amides is 1. The van der Waals surface area contributed by atoms with Gasteiger partial charge in [-0.1, -0.05) is 6.92 Å². The Kier molecular flexibility index (Phi) is 2.95. The first-order valence-electron chi connectivity index (χ1n) is 4.82. The van der Waals surface area contributed by atoms with Gasteiger partial charge in [0.05, 0.1) is 5.56 Å². The second kappa shape index (κ2) is 4.08. The monoisotopic (exact) mass is 319 g/mol. The first-order valence-corrected chi connectivity index (χ1v) is 5.90. The van der Waals surface area contributed by atoms with E-state index >= 15 is 0 Å². The van der Waals surface area contributed by atoms with Crippen LogP contribution in [-0.2, 0) is 0 Å². The molecule has 0 atom stereocenters. The normalized spacial score (nSPS) is 16.3. The largest absolute Gasteiger partial charge is 0.338 e. The summed E-state index contributed by atoms with van der Waals surface area (Å²) in [5, 5.41) is 0. The fourth-order valence-corrected chi connectivity index (χ4v) is 2.19. The maximum Gasteiger partial charge on any atom is 0.256 e. The molecule has 0 spiro atoms. The molecule has 0 aromatic heterocycles. The second-order valence-corrected chi connectivity index (χ2v) is 5.19. The summed E-state index contributed by atoms with van der Waals surface area (Å²) in [7, 11) is 0. The van der Waals surface area contributed by atoms with Gasteiger partial charge in [-0.25, -0.2) is 4.39 Å². The molecule has 1 aromatic rings. The first kappa shape index (κ1) is 10.9. The van der Waals surface area contributed by atoms with Crippen LogP contribution in [0.3, 0.4) is 0 Å². The number of hydrogen-bond donors (Lipinski definition) is 0. The lowest BCUT2D eigenvalue weighted by Crippen LogP contribution is -2.48. The van der Waals surface area contributed by atoms with Gasteiger partial charge in [-0.05, 0) is 46.7 Å². The standard InChI is InChI=1S/C11H11FINO/c1-7-5-14(6-7)11(15)9-4-8(13)2-3-10(9)12/h2-4,7H,5-6H2,1H3. The molecule has 2 rings (SSSR count). The van der Waals surface area contributed by atoms with Gasteiger partial charge in [0.25, 0.3) is 5.91 Å². The molecule has 0 unspecified atom stereocenters. The Labute approximate surface area is 102 Å². The molecule has 15 heavy (non-hydrogen) atoms. The summed E-state index contributed by atoms with van der Waals surface area (Å²) in [6.45, 7) is 3.56. The van der Waals surface area contributed by atoms with E-state index in [1.165, 1.54) is 6.07 Å². The van der Waals surface area contributed by atoms with Crippen molar-refractivity contribution in [2.24, 2.45) is 5.92 Å². The summed E-state index contributed by atoms with van der Waals surface area (Å²) in [4.78, 5) is 13.5. The van der Waals surface area contributed by atoms with Crippen molar-refractivity contribution in [3.05, 3.63) is 33.1 Å². The van der Waals surface area contributed by atoms with Crippen LogP contribution in [0.15, 0.2) is 18.2 Å². The van der Waals surface area contributed by atoms with Gasteiger partial charge >= 0.3 is 0 Å². The number of benzene rings is 1. The van der Waals surface area contributed by atoms with Gasteiger partial charge in [0, 0.05) is 16.7 Å². The SMILES string of the molecule is CC1CN(C(=O)c2cc(I)ccc2F)C1. The Morgan fingerprint density at radius 3 is 2.80 bits per heavy atom. The van der Waals surface area contributed by atoms with Gasteiger partial charge in [-0.2, -0.15) is 0 Å². The third kappa shape index (κ3) is 2.14. The summed E-state index contributed by atoms with van der Waals surface area (Å²) >= 11 is 2.08. The third-order valence-corrected chi connectivity index (χ3v) is 3.18. The Bertz CT molecular complexity index is 402. The molecule has 2 nitrogen and oxygen atoms in total. The number of rotatable bonds is 1. The van der Waals surface area contributed by atoms with Gasteiger partial charge in [-0.15, -0.1) is 0 Å². The molecule has 0 aliphatic carbocycles. The third-order valence-electron chi connectivity index (χ3n) is 2.51. The maximum atomic E-state index is 13.4. The molecule has 1 amide bonds. The summed E-state index contributed by atoms with van der Waals surface area (Å²) < 4.78 is 14.3. The van der Waals surface area contributed by atoms with E-state index in [1.54, 1.807) is 17.0 Å². The van der Waals surface area contributed by atoms with E-state index in [0.29, 0.717) is 5.92 Å². The molecule has 1 aromatic carbocycles. The minimum Gasteiger partial charge on any atom is -0.338 e. The van der Waals surface area contributed by atoms with Crippen molar-refractivity contribution in [2.75, 3.05) is 13.1 Å². The van der Waals surface area contributed by atoms with Gasteiger partial charge in [0.15, 0.2) is 0 Å². The van der Waals surface area contributed by atoms with Gasteiger partial charge < -0.3 is 4.90 Å². The highest BCUT2D eigenvalue weighted by Crippen LogP contribution is 2.20. The highest BCUT2D eigenvalue weighted by Gasteiger charge is 2.29. The van der Waals surface area contributed by atoms with Crippen LogP contribution in [0.5, 0.6) is 0 Å². The van der Waals surface area contributed by atoms with Gasteiger partial charge in [0.2, 0.25) is 0 Å². The molecule has 0 saturated carbocycles. The van der Waals surface area contributed by atoms with Crippen LogP contribution >= 0.6 is 22.6 Å². The molecule has 1 fully saturated rings. The minimum atomic E-state index is -0.431. The van der Waals surface area contributed by atoms with E-state index in [0.717, 1.165) is 16.7 Å². The van der Waals surface area contributed by atoms with Crippen LogP contribution in [0.4, 0.5) is 4.39 Å². The van der Waals surface area contributed by atoms with Crippen molar-refractivity contribution in [3.8, 4) is 0 Å². The zero-order valence-corrected chi connectivity index (χ0v) is 10.5. The van der Waals surface area contributed by atoms with Crippen LogP contribution in [0.25, 0.3) is 0 Å². The number of halogens is 2. The Morgan fingerprint density at radius 1 is 1.53 bits per heavy atom. The van der Waals surface area contributed by atoms with Crippen LogP contribution < -0.4 is 0 Å². The summed E-state index contributed by atoms with van der Waals surface area (Å²) in [5.74, 6) is -0.0797. The fourth-order valence-electron chi connectivity index (χ4n) is 1.70. The van der Waals surface area contributed by atoms with Crippen molar-refractivity contribution in [1.82, 2.24) is 4.90 Å². The predicted octanol–water partition coefficient (Wildman–Crippen LogP) is 2.52. The molecule has 80 valence electrons. The molecule has 4 heteroatoms. The fraction of sp³-hybridized carbons (Fsp3) is 0.364. The Balaban J connectivity index is 2.22. The van der Waals surface area contributed by atoms with E-state index in [4.69, 9.17) is 0 Å². The predicted molar refractivity (Wildman–Crippen MR) is 64.2 cm³/mol. The summed E-state index contributed by atoms with van der Waals surface area (Å²) in [5.41, 5.74) is 0.189. The van der Waals surface area contributed by atoms with Crippen LogP contribution in [0.1, 0.15) is 17.3 Å². The molecular formula is C11H11FINO. The summed E-state index contributed by atoms with van der Waals surface area (Å²) in [6, 6.07) is 4.60. The maximum absolute atomic E-state index is 13.4. The average molecular weight is 319 g/mol. The van der Waals surface area contributed by atoms with Crippen molar-refractivity contribution in [2.45, 2.75) is 6.92 Å². The van der Waals surface area contributed by atoms with E-state index in [1.807, 2.05) is 0 Å². The summed E-state index contributed by atoms with van der Waals surface area (Å²) in [6.07, 6.45) is 0. The van der Waals surface area contributed by atoms with E-state index in [2.05, 4.69) is 29.5 Å². The van der Waals surface area contributed by atoms with Gasteiger partial charge in [0.1, 0.15) is 5.82 Å². The molecule has 1 saturated heterocycles. The first-order chi connectivity index (χ1) is 7.08. The number of likely N-dealkylation sites (tertiary alicyclic amines) is 1. The number of carbonyl (C=O) groups excluding carboxylic acids is 1. The highest BCUT2D eigenvalue weighted by atomic mass is 127. The lowest BCUT2D eigenvalue weighted by atomic mass is 10.0. The Morgan fingerprint density at radius 2 is 2.20 bits per heavy atom. The zero-order chi connectivity index (χ0) is 11.0. The molecule has 1 aliphatic heterocycles. The molecule has 0 radical (unpaired) electrons. The smallest absolute Gasteiger partial charge is 0.256 e. The molecule has 1 aliphatic rings. The van der Waals surface area contributed by atoms with Crippen LogP contribution in [0.2, 0.25) is 0 Å². The highest BCUT2D eigenvalue weighted by molar-refractivity contribution is 14.1. The molecular weight excluding hydrogens is 308 g/mol. The van der Waals surface area contributed by atoms with Crippen molar-refractivity contribution in [3.63, 3.8) is 0 Å². The quantitative estimate of drug-likeness (QED) is 0.729. The van der Waals surface area contributed by atoms with Crippen molar-refractivity contribution >= 4 is 28.5 Å². The van der Waals surface area contributed by atoms with Crippen molar-refractivity contribution in [1.29, 1.82) is 0 Å². The number of hydrogen-bond acceptors (Lipinski definition) is 1. The van der Waals surface area contributed by atoms with E-state index in [9.17, 15) is 9.18 Å². The average Bonchev–Trinajstić information content (AvgIpc) is 2.16. The zero-order valence-electron chi connectivity index (χ0n) is 8.34. The molecule has 1 heterocycles.